The number of hydrogen-bond donors (Lipinski definition) is 1. The quantitative estimate of drug-likeness (QED) is 0.834. The van der Waals surface area contributed by atoms with Gasteiger partial charge in [-0.2, -0.15) is 0 Å². The molecule has 1 aromatic rings. The third kappa shape index (κ3) is 4.41. The molecule has 0 fully saturated rings. The molecule has 3 heteroatoms. The van der Waals surface area contributed by atoms with E-state index in [1.54, 1.807) is 7.11 Å². The standard InChI is InChI=1S/C14H20ClNO/c1-4-10-16-11(2)8-9-12-13(15)6-5-7-14(12)17-3/h5-9,11,16H,4,10H2,1-3H3/b9-8+. The lowest BCUT2D eigenvalue weighted by Crippen LogP contribution is -2.24. The highest BCUT2D eigenvalue weighted by Crippen LogP contribution is 2.27. The number of rotatable bonds is 6. The highest BCUT2D eigenvalue weighted by Gasteiger charge is 2.04. The van der Waals surface area contributed by atoms with Gasteiger partial charge < -0.3 is 10.1 Å². The molecule has 0 radical (unpaired) electrons. The Kier molecular flexibility index (Phi) is 6.09. The fourth-order valence-corrected chi connectivity index (χ4v) is 1.77. The molecule has 0 aliphatic rings. The fourth-order valence-electron chi connectivity index (χ4n) is 1.54. The maximum Gasteiger partial charge on any atom is 0.127 e. The minimum atomic E-state index is 0.330. The van der Waals surface area contributed by atoms with Crippen LogP contribution in [0.3, 0.4) is 0 Å². The van der Waals surface area contributed by atoms with E-state index in [2.05, 4.69) is 25.2 Å². The third-order valence-corrected chi connectivity index (χ3v) is 2.83. The Morgan fingerprint density at radius 2 is 2.24 bits per heavy atom. The summed E-state index contributed by atoms with van der Waals surface area (Å²) in [6.07, 6.45) is 5.24. The second-order valence-electron chi connectivity index (χ2n) is 3.96. The molecule has 94 valence electrons. The molecule has 0 bridgehead atoms. The summed E-state index contributed by atoms with van der Waals surface area (Å²) < 4.78 is 5.28. The molecule has 0 aromatic heterocycles. The second kappa shape index (κ2) is 7.36. The Labute approximate surface area is 109 Å². The molecular formula is C14H20ClNO. The second-order valence-corrected chi connectivity index (χ2v) is 4.36. The Bertz CT molecular complexity index is 376. The zero-order chi connectivity index (χ0) is 12.7. The molecule has 1 N–H and O–H groups in total. The van der Waals surface area contributed by atoms with Crippen LogP contribution in [0.1, 0.15) is 25.8 Å². The third-order valence-electron chi connectivity index (χ3n) is 2.50. The van der Waals surface area contributed by atoms with Gasteiger partial charge in [0.05, 0.1) is 12.1 Å². The predicted octanol–water partition coefficient (Wildman–Crippen LogP) is 3.75. The van der Waals surface area contributed by atoms with E-state index in [4.69, 9.17) is 16.3 Å². The van der Waals surface area contributed by atoms with E-state index in [0.717, 1.165) is 24.3 Å². The molecule has 1 unspecified atom stereocenters. The van der Waals surface area contributed by atoms with Gasteiger partial charge >= 0.3 is 0 Å². The predicted molar refractivity (Wildman–Crippen MR) is 74.8 cm³/mol. The molecule has 17 heavy (non-hydrogen) atoms. The lowest BCUT2D eigenvalue weighted by atomic mass is 10.1. The Morgan fingerprint density at radius 1 is 1.47 bits per heavy atom. The SMILES string of the molecule is CCCNC(C)/C=C/c1c(Cl)cccc1OC. The van der Waals surface area contributed by atoms with Crippen molar-refractivity contribution in [1.82, 2.24) is 5.32 Å². The largest absolute Gasteiger partial charge is 0.496 e. The van der Waals surface area contributed by atoms with Gasteiger partial charge in [-0.1, -0.05) is 36.7 Å². The van der Waals surface area contributed by atoms with Crippen molar-refractivity contribution in [2.75, 3.05) is 13.7 Å². The average Bonchev–Trinajstić information content (AvgIpc) is 2.34. The van der Waals surface area contributed by atoms with Crippen LogP contribution in [-0.4, -0.2) is 19.7 Å². The van der Waals surface area contributed by atoms with E-state index < -0.39 is 0 Å². The number of benzene rings is 1. The maximum atomic E-state index is 6.14. The van der Waals surface area contributed by atoms with Crippen LogP contribution < -0.4 is 10.1 Å². The molecule has 1 rings (SSSR count). The molecule has 0 heterocycles. The van der Waals surface area contributed by atoms with Crippen LogP contribution >= 0.6 is 11.6 Å². The topological polar surface area (TPSA) is 21.3 Å². The zero-order valence-electron chi connectivity index (χ0n) is 10.7. The van der Waals surface area contributed by atoms with Gasteiger partial charge in [0.2, 0.25) is 0 Å². The van der Waals surface area contributed by atoms with Crippen molar-refractivity contribution in [3.8, 4) is 5.75 Å². The maximum absolute atomic E-state index is 6.14. The normalized spacial score (nSPS) is 12.9. The minimum Gasteiger partial charge on any atom is -0.496 e. The summed E-state index contributed by atoms with van der Waals surface area (Å²) in [7, 11) is 1.65. The lowest BCUT2D eigenvalue weighted by molar-refractivity contribution is 0.414. The van der Waals surface area contributed by atoms with Crippen LogP contribution in [0.2, 0.25) is 5.02 Å². The molecule has 2 nitrogen and oxygen atoms in total. The Balaban J connectivity index is 2.76. The van der Waals surface area contributed by atoms with Gasteiger partial charge in [0.1, 0.15) is 5.75 Å². The molecule has 0 saturated heterocycles. The molecular weight excluding hydrogens is 234 g/mol. The molecule has 0 aliphatic heterocycles. The van der Waals surface area contributed by atoms with Gasteiger partial charge in [0.25, 0.3) is 0 Å². The van der Waals surface area contributed by atoms with Crippen molar-refractivity contribution in [3.63, 3.8) is 0 Å². The van der Waals surface area contributed by atoms with Crippen molar-refractivity contribution in [3.05, 3.63) is 34.9 Å². The van der Waals surface area contributed by atoms with E-state index in [1.807, 2.05) is 24.3 Å². The van der Waals surface area contributed by atoms with Crippen molar-refractivity contribution >= 4 is 17.7 Å². The molecule has 0 spiro atoms. The van der Waals surface area contributed by atoms with Crippen LogP contribution in [0.25, 0.3) is 6.08 Å². The Morgan fingerprint density at radius 3 is 2.88 bits per heavy atom. The first-order chi connectivity index (χ1) is 8.19. The molecule has 0 aliphatic carbocycles. The van der Waals surface area contributed by atoms with Crippen LogP contribution in [-0.2, 0) is 0 Å². The molecule has 1 atom stereocenters. The first-order valence-electron chi connectivity index (χ1n) is 5.93. The van der Waals surface area contributed by atoms with Gasteiger partial charge in [-0.15, -0.1) is 0 Å². The van der Waals surface area contributed by atoms with Gasteiger partial charge in [0.15, 0.2) is 0 Å². The van der Waals surface area contributed by atoms with E-state index in [-0.39, 0.29) is 0 Å². The number of ether oxygens (including phenoxy) is 1. The van der Waals surface area contributed by atoms with E-state index in [1.165, 1.54) is 0 Å². The zero-order valence-corrected chi connectivity index (χ0v) is 11.4. The average molecular weight is 254 g/mol. The molecule has 1 aromatic carbocycles. The highest BCUT2D eigenvalue weighted by atomic mass is 35.5. The van der Waals surface area contributed by atoms with E-state index in [0.29, 0.717) is 11.1 Å². The minimum absolute atomic E-state index is 0.330. The van der Waals surface area contributed by atoms with Crippen LogP contribution in [0.4, 0.5) is 0 Å². The van der Waals surface area contributed by atoms with Crippen LogP contribution in [0, 0.1) is 0 Å². The van der Waals surface area contributed by atoms with Gasteiger partial charge in [-0.3, -0.25) is 0 Å². The van der Waals surface area contributed by atoms with Crippen molar-refractivity contribution < 1.29 is 4.74 Å². The van der Waals surface area contributed by atoms with Crippen molar-refractivity contribution in [2.24, 2.45) is 0 Å². The van der Waals surface area contributed by atoms with E-state index >= 15 is 0 Å². The van der Waals surface area contributed by atoms with Crippen molar-refractivity contribution in [2.45, 2.75) is 26.3 Å². The number of halogens is 1. The van der Waals surface area contributed by atoms with Crippen LogP contribution in [0.5, 0.6) is 5.75 Å². The van der Waals surface area contributed by atoms with Gasteiger partial charge in [-0.25, -0.2) is 0 Å². The van der Waals surface area contributed by atoms with E-state index in [9.17, 15) is 0 Å². The first-order valence-corrected chi connectivity index (χ1v) is 6.31. The van der Waals surface area contributed by atoms with Gasteiger partial charge in [0, 0.05) is 11.6 Å². The molecule has 0 amide bonds. The monoisotopic (exact) mass is 253 g/mol. The summed E-state index contributed by atoms with van der Waals surface area (Å²) >= 11 is 6.14. The summed E-state index contributed by atoms with van der Waals surface area (Å²) in [6, 6.07) is 6.00. The number of nitrogens with one attached hydrogen (secondary N) is 1. The lowest BCUT2D eigenvalue weighted by Gasteiger charge is -2.09. The summed E-state index contributed by atoms with van der Waals surface area (Å²) in [5.74, 6) is 0.802. The Hall–Kier alpha value is -0.990. The summed E-state index contributed by atoms with van der Waals surface area (Å²) in [5.41, 5.74) is 0.932. The number of methoxy groups -OCH3 is 1. The first kappa shape index (κ1) is 14.1. The summed E-state index contributed by atoms with van der Waals surface area (Å²) in [5, 5.41) is 4.10. The van der Waals surface area contributed by atoms with Crippen LogP contribution in [0.15, 0.2) is 24.3 Å². The van der Waals surface area contributed by atoms with Crippen molar-refractivity contribution in [1.29, 1.82) is 0 Å². The molecule has 0 saturated carbocycles. The summed E-state index contributed by atoms with van der Waals surface area (Å²) in [4.78, 5) is 0. The smallest absolute Gasteiger partial charge is 0.127 e. The fraction of sp³-hybridized carbons (Fsp3) is 0.429. The summed E-state index contributed by atoms with van der Waals surface area (Å²) in [6.45, 7) is 5.29. The number of hydrogen-bond acceptors (Lipinski definition) is 2. The highest BCUT2D eigenvalue weighted by molar-refractivity contribution is 6.32. The van der Waals surface area contributed by atoms with Gasteiger partial charge in [-0.05, 0) is 32.0 Å².